The second-order valence-corrected chi connectivity index (χ2v) is 10.7. The number of halogens is 1. The summed E-state index contributed by atoms with van der Waals surface area (Å²) in [6.07, 6.45) is 6.91. The summed E-state index contributed by atoms with van der Waals surface area (Å²) in [5, 5.41) is 15.9. The molecule has 1 fully saturated rings. The largest absolute Gasteiger partial charge is 0.495 e. The fourth-order valence-corrected chi connectivity index (χ4v) is 4.92. The first-order chi connectivity index (χ1) is 21.7. The normalized spacial score (nSPS) is 14.8. The number of aromatic nitrogens is 4. The number of anilines is 2. The number of hydrogen-bond donors (Lipinski definition) is 2. The van der Waals surface area contributed by atoms with Gasteiger partial charge in [0.2, 0.25) is 5.95 Å². The van der Waals surface area contributed by atoms with Crippen LogP contribution >= 0.6 is 11.6 Å². The number of methoxy groups -OCH3 is 1. The number of unbranched alkanes of at least 4 members (excludes halogenated alkanes) is 1. The summed E-state index contributed by atoms with van der Waals surface area (Å²) in [6.45, 7) is 2.70. The van der Waals surface area contributed by atoms with Crippen LogP contribution < -0.4 is 20.3 Å². The fraction of sp³-hybridized carbons (Fsp3) is 0.448. The number of hydrogen-bond acceptors (Lipinski definition) is 13. The summed E-state index contributed by atoms with van der Waals surface area (Å²) in [5.41, 5.74) is 1.04. The van der Waals surface area contributed by atoms with Crippen molar-refractivity contribution in [2.24, 2.45) is 5.92 Å². The van der Waals surface area contributed by atoms with Crippen molar-refractivity contribution < 1.29 is 29.0 Å². The molecule has 2 N–H and O–H groups in total. The lowest BCUT2D eigenvalue weighted by molar-refractivity contribution is -0.757. The Morgan fingerprint density at radius 1 is 1.20 bits per heavy atom. The van der Waals surface area contributed by atoms with Gasteiger partial charge in [-0.05, 0) is 43.0 Å². The monoisotopic (exact) mass is 642 g/mol. The van der Waals surface area contributed by atoms with E-state index in [2.05, 4.69) is 35.4 Å². The molecule has 240 valence electrons. The first kappa shape index (κ1) is 33.1. The van der Waals surface area contributed by atoms with Crippen molar-refractivity contribution in [1.29, 1.82) is 0 Å². The zero-order chi connectivity index (χ0) is 32.2. The van der Waals surface area contributed by atoms with Gasteiger partial charge in [0.05, 0.1) is 31.2 Å². The van der Waals surface area contributed by atoms with Gasteiger partial charge in [-0.1, -0.05) is 31.0 Å². The third-order valence-corrected chi connectivity index (χ3v) is 7.36. The van der Waals surface area contributed by atoms with Crippen LogP contribution in [0.15, 0.2) is 42.9 Å². The minimum absolute atomic E-state index is 0.0154. The van der Waals surface area contributed by atoms with Gasteiger partial charge in [-0.15, -0.1) is 10.1 Å². The summed E-state index contributed by atoms with van der Waals surface area (Å²) < 4.78 is 11.1. The van der Waals surface area contributed by atoms with Crippen molar-refractivity contribution in [3.8, 4) is 5.75 Å². The van der Waals surface area contributed by atoms with Gasteiger partial charge < -0.3 is 29.8 Å². The molecule has 1 saturated heterocycles. The summed E-state index contributed by atoms with van der Waals surface area (Å²) in [4.78, 5) is 59.9. The first-order valence-electron chi connectivity index (χ1n) is 14.5. The molecule has 0 saturated carbocycles. The molecule has 1 aliphatic heterocycles. The van der Waals surface area contributed by atoms with Crippen LogP contribution in [-0.2, 0) is 27.5 Å². The molecule has 3 heterocycles. The maximum Gasteiger partial charge on any atom is 0.310 e. The SMILES string of the molecule is COc1ccc(CNc2nc(N3CCC[C@@H]3OC(=O)C(C)CCCCO[N+](=O)[O-])ncc2C(=O)NCc2ncccn2)cc1Cl. The number of rotatable bonds is 16. The number of nitrogens with one attached hydrogen (secondary N) is 2. The predicted octanol–water partition coefficient (Wildman–Crippen LogP) is 3.95. The maximum absolute atomic E-state index is 13.2. The highest BCUT2D eigenvalue weighted by Gasteiger charge is 2.32. The Labute approximate surface area is 264 Å². The number of benzene rings is 1. The topological polar surface area (TPSA) is 184 Å². The van der Waals surface area contributed by atoms with Gasteiger partial charge in [0.1, 0.15) is 23.0 Å². The minimum atomic E-state index is -0.831. The zero-order valence-corrected chi connectivity index (χ0v) is 25.7. The van der Waals surface area contributed by atoms with Crippen LogP contribution in [0.25, 0.3) is 0 Å². The molecule has 1 unspecified atom stereocenters. The highest BCUT2D eigenvalue weighted by molar-refractivity contribution is 6.32. The van der Waals surface area contributed by atoms with E-state index in [1.54, 1.807) is 42.4 Å². The highest BCUT2D eigenvalue weighted by atomic mass is 35.5. The number of nitrogens with zero attached hydrogens (tertiary/aromatic N) is 6. The molecule has 4 rings (SSSR count). The Bertz CT molecular complexity index is 1470. The van der Waals surface area contributed by atoms with Crippen LogP contribution in [0.4, 0.5) is 11.8 Å². The molecule has 0 aliphatic carbocycles. The van der Waals surface area contributed by atoms with Crippen molar-refractivity contribution in [2.45, 2.75) is 58.3 Å². The molecule has 0 bridgehead atoms. The van der Waals surface area contributed by atoms with Crippen molar-refractivity contribution in [2.75, 3.05) is 30.5 Å². The molecule has 16 heteroatoms. The van der Waals surface area contributed by atoms with E-state index < -0.39 is 23.1 Å². The first-order valence-corrected chi connectivity index (χ1v) is 14.8. The van der Waals surface area contributed by atoms with Crippen LogP contribution in [0.1, 0.15) is 60.8 Å². The van der Waals surface area contributed by atoms with Crippen molar-refractivity contribution in [3.63, 3.8) is 0 Å². The van der Waals surface area contributed by atoms with E-state index in [0.717, 1.165) is 12.0 Å². The molecule has 15 nitrogen and oxygen atoms in total. The third-order valence-electron chi connectivity index (χ3n) is 7.06. The molecular weight excluding hydrogens is 608 g/mol. The van der Waals surface area contributed by atoms with E-state index >= 15 is 0 Å². The number of esters is 1. The molecule has 0 radical (unpaired) electrons. The van der Waals surface area contributed by atoms with E-state index in [-0.39, 0.29) is 30.5 Å². The quantitative estimate of drug-likeness (QED) is 0.0991. The molecule has 3 aromatic rings. The van der Waals surface area contributed by atoms with Crippen molar-refractivity contribution in [1.82, 2.24) is 25.3 Å². The van der Waals surface area contributed by atoms with Crippen LogP contribution in [0.3, 0.4) is 0 Å². The molecule has 0 spiro atoms. The standard InChI is InChI=1S/C29H35ClN8O7/c1-19(7-3-4-14-44-38(41)42)28(40)45-25-8-5-13-37(25)29-35-17-21(27(39)34-18-24-31-11-6-12-32-24)26(36-29)33-16-20-9-10-23(43-2)22(30)15-20/h6,9-12,15,17,19,25H,3-5,7-8,13-14,16,18H2,1-2H3,(H,34,39)(H,33,35,36)/t19?,25-/m0/s1. The van der Waals surface area contributed by atoms with Crippen LogP contribution in [0.5, 0.6) is 5.75 Å². The second kappa shape index (κ2) is 16.3. The van der Waals surface area contributed by atoms with Gasteiger partial charge in [0.25, 0.3) is 11.0 Å². The lowest BCUT2D eigenvalue weighted by atomic mass is 10.0. The third kappa shape index (κ3) is 9.60. The van der Waals surface area contributed by atoms with Crippen molar-refractivity contribution >= 4 is 35.2 Å². The van der Waals surface area contributed by atoms with Gasteiger partial charge in [-0.3, -0.25) is 9.59 Å². The molecule has 1 aromatic carbocycles. The van der Waals surface area contributed by atoms with Crippen molar-refractivity contribution in [3.05, 3.63) is 74.9 Å². The van der Waals surface area contributed by atoms with Gasteiger partial charge in [0.15, 0.2) is 6.23 Å². The zero-order valence-electron chi connectivity index (χ0n) is 25.0. The molecule has 1 aliphatic rings. The molecular formula is C29H35ClN8O7. The van der Waals surface area contributed by atoms with E-state index in [0.29, 0.717) is 61.3 Å². The number of amides is 1. The van der Waals surface area contributed by atoms with E-state index in [4.69, 9.17) is 21.1 Å². The Morgan fingerprint density at radius 3 is 2.73 bits per heavy atom. The van der Waals surface area contributed by atoms with Crippen LogP contribution in [0, 0.1) is 16.0 Å². The lowest BCUT2D eigenvalue weighted by Gasteiger charge is -2.26. The Balaban J connectivity index is 1.47. The Morgan fingerprint density at radius 2 is 2.00 bits per heavy atom. The molecule has 45 heavy (non-hydrogen) atoms. The summed E-state index contributed by atoms with van der Waals surface area (Å²) in [5.74, 6) is 0.361. The number of carbonyl (C=O) groups is 2. The summed E-state index contributed by atoms with van der Waals surface area (Å²) in [6, 6.07) is 7.04. The van der Waals surface area contributed by atoms with E-state index in [1.165, 1.54) is 13.3 Å². The van der Waals surface area contributed by atoms with E-state index in [1.807, 2.05) is 6.07 Å². The van der Waals surface area contributed by atoms with Crippen LogP contribution in [0.2, 0.25) is 5.02 Å². The fourth-order valence-electron chi connectivity index (χ4n) is 4.64. The molecule has 2 aromatic heterocycles. The minimum Gasteiger partial charge on any atom is -0.495 e. The number of ether oxygens (including phenoxy) is 2. The maximum atomic E-state index is 13.2. The lowest BCUT2D eigenvalue weighted by Crippen LogP contribution is -2.36. The second-order valence-electron chi connectivity index (χ2n) is 10.3. The number of carbonyl (C=O) groups excluding carboxylic acids is 2. The van der Waals surface area contributed by atoms with Gasteiger partial charge in [-0.25, -0.2) is 15.0 Å². The average Bonchev–Trinajstić information content (AvgIpc) is 3.50. The van der Waals surface area contributed by atoms with Gasteiger partial charge in [0, 0.05) is 38.1 Å². The summed E-state index contributed by atoms with van der Waals surface area (Å²) in [7, 11) is 1.54. The van der Waals surface area contributed by atoms with Crippen LogP contribution in [-0.4, -0.2) is 63.4 Å². The average molecular weight is 643 g/mol. The Kier molecular flexibility index (Phi) is 12.0. The summed E-state index contributed by atoms with van der Waals surface area (Å²) >= 11 is 6.30. The Hall–Kier alpha value is -4.79. The van der Waals surface area contributed by atoms with Gasteiger partial charge in [-0.2, -0.15) is 4.98 Å². The van der Waals surface area contributed by atoms with Gasteiger partial charge >= 0.3 is 5.97 Å². The van der Waals surface area contributed by atoms with E-state index in [9.17, 15) is 19.7 Å². The smallest absolute Gasteiger partial charge is 0.310 e. The molecule has 2 atom stereocenters. The predicted molar refractivity (Wildman–Crippen MR) is 163 cm³/mol. The highest BCUT2D eigenvalue weighted by Crippen LogP contribution is 2.28. The molecule has 1 amide bonds.